The fraction of sp³-hybridized carbons (Fsp3) is 0.185. The molecule has 33 heavy (non-hydrogen) atoms. The Labute approximate surface area is 191 Å². The lowest BCUT2D eigenvalue weighted by Crippen LogP contribution is -2.14. The van der Waals surface area contributed by atoms with E-state index in [2.05, 4.69) is 10.3 Å². The van der Waals surface area contributed by atoms with E-state index in [0.717, 1.165) is 23.8 Å². The molecule has 5 nitrogen and oxygen atoms in total. The monoisotopic (exact) mass is 444 g/mol. The van der Waals surface area contributed by atoms with Crippen LogP contribution in [0.5, 0.6) is 5.75 Å². The molecule has 0 saturated heterocycles. The van der Waals surface area contributed by atoms with Gasteiger partial charge in [-0.25, -0.2) is 9.18 Å². The summed E-state index contributed by atoms with van der Waals surface area (Å²) >= 11 is 0. The Kier molecular flexibility index (Phi) is 6.83. The van der Waals surface area contributed by atoms with Gasteiger partial charge in [0.2, 0.25) is 0 Å². The van der Waals surface area contributed by atoms with E-state index < -0.39 is 6.04 Å². The van der Waals surface area contributed by atoms with Gasteiger partial charge in [0.15, 0.2) is 0 Å². The van der Waals surface area contributed by atoms with Crippen LogP contribution in [0, 0.1) is 5.82 Å². The molecule has 0 radical (unpaired) electrons. The molecule has 6 heteroatoms. The molecule has 168 valence electrons. The maximum Gasteiger partial charge on any atom is 0.338 e. The molecular weight excluding hydrogens is 419 g/mol. The Morgan fingerprint density at radius 3 is 2.70 bits per heavy atom. The minimum Gasteiger partial charge on any atom is -0.505 e. The van der Waals surface area contributed by atoms with Gasteiger partial charge in [-0.3, -0.25) is 4.98 Å². The van der Waals surface area contributed by atoms with Gasteiger partial charge in [-0.2, -0.15) is 0 Å². The number of nitrogens with one attached hydrogen (secondary N) is 1. The van der Waals surface area contributed by atoms with Crippen LogP contribution in [0.15, 0.2) is 79.0 Å². The summed E-state index contributed by atoms with van der Waals surface area (Å²) in [6.07, 6.45) is 3.38. The predicted octanol–water partition coefficient (Wildman–Crippen LogP) is 6.24. The predicted molar refractivity (Wildman–Crippen MR) is 127 cm³/mol. The largest absolute Gasteiger partial charge is 0.505 e. The number of ether oxygens (including phenoxy) is 1. The number of phenolic OH excluding ortho intramolecular Hbond substituents is 1. The van der Waals surface area contributed by atoms with E-state index in [9.17, 15) is 14.3 Å². The highest BCUT2D eigenvalue weighted by molar-refractivity contribution is 5.90. The summed E-state index contributed by atoms with van der Waals surface area (Å²) in [5, 5.41) is 15.2. The summed E-state index contributed by atoms with van der Waals surface area (Å²) < 4.78 is 18.9. The zero-order valence-corrected chi connectivity index (χ0v) is 18.3. The zero-order valence-electron chi connectivity index (χ0n) is 18.3. The third kappa shape index (κ3) is 5.12. The second-order valence-electron chi connectivity index (χ2n) is 7.78. The van der Waals surface area contributed by atoms with E-state index in [4.69, 9.17) is 4.74 Å². The topological polar surface area (TPSA) is 71.5 Å². The quantitative estimate of drug-likeness (QED) is 0.249. The number of anilines is 1. The average Bonchev–Trinajstić information content (AvgIpc) is 2.84. The third-order valence-electron chi connectivity index (χ3n) is 5.43. The number of nitrogens with zero attached hydrogens (tertiary/aromatic N) is 1. The van der Waals surface area contributed by atoms with E-state index in [1.807, 2.05) is 37.3 Å². The number of esters is 1. The SMILES string of the molecule is CCCCOC(=O)c1cccc(NC(c2ccc(F)cc2)c2ccc3cccnc3c2O)c1. The maximum atomic E-state index is 13.6. The molecule has 0 spiro atoms. The molecule has 2 N–H and O–H groups in total. The van der Waals surface area contributed by atoms with Crippen LogP contribution in [0.3, 0.4) is 0 Å². The first kappa shape index (κ1) is 22.3. The van der Waals surface area contributed by atoms with E-state index >= 15 is 0 Å². The molecule has 3 aromatic carbocycles. The van der Waals surface area contributed by atoms with Gasteiger partial charge in [-0.1, -0.05) is 49.7 Å². The van der Waals surface area contributed by atoms with Crippen molar-refractivity contribution in [3.05, 3.63) is 102 Å². The summed E-state index contributed by atoms with van der Waals surface area (Å²) in [5.41, 5.74) is 2.91. The van der Waals surface area contributed by atoms with Crippen molar-refractivity contribution in [3.8, 4) is 5.75 Å². The van der Waals surface area contributed by atoms with Gasteiger partial charge >= 0.3 is 5.97 Å². The van der Waals surface area contributed by atoms with Crippen LogP contribution in [0.1, 0.15) is 47.3 Å². The summed E-state index contributed by atoms with van der Waals surface area (Å²) in [4.78, 5) is 16.7. The molecule has 0 aliphatic rings. The standard InChI is InChI=1S/C27H25FN2O3/c1-2-3-16-33-27(32)20-6-4-8-22(17-20)30-24(19-9-12-21(28)13-10-19)23-14-11-18-7-5-15-29-25(18)26(23)31/h4-15,17,24,30-31H,2-3,16H2,1H3. The lowest BCUT2D eigenvalue weighted by molar-refractivity contribution is 0.0500. The van der Waals surface area contributed by atoms with Crippen molar-refractivity contribution in [2.75, 3.05) is 11.9 Å². The van der Waals surface area contributed by atoms with Crippen molar-refractivity contribution >= 4 is 22.6 Å². The van der Waals surface area contributed by atoms with E-state index in [-0.39, 0.29) is 17.5 Å². The highest BCUT2D eigenvalue weighted by atomic mass is 19.1. The third-order valence-corrected chi connectivity index (χ3v) is 5.43. The van der Waals surface area contributed by atoms with Crippen LogP contribution < -0.4 is 5.32 Å². The Morgan fingerprint density at radius 1 is 1.09 bits per heavy atom. The molecular formula is C27H25FN2O3. The Balaban J connectivity index is 1.70. The molecule has 0 aliphatic heterocycles. The van der Waals surface area contributed by atoms with Crippen LogP contribution in [0.25, 0.3) is 10.9 Å². The van der Waals surface area contributed by atoms with E-state index in [0.29, 0.717) is 28.9 Å². The van der Waals surface area contributed by atoms with E-state index in [1.165, 1.54) is 12.1 Å². The van der Waals surface area contributed by atoms with Gasteiger partial charge in [0.05, 0.1) is 18.2 Å². The van der Waals surface area contributed by atoms with Crippen molar-refractivity contribution in [3.63, 3.8) is 0 Å². The van der Waals surface area contributed by atoms with Crippen molar-refractivity contribution in [1.29, 1.82) is 0 Å². The second kappa shape index (κ2) is 10.1. The molecule has 0 saturated carbocycles. The number of unbranched alkanes of at least 4 members (excludes halogenated alkanes) is 1. The Bertz CT molecular complexity index is 1260. The van der Waals surface area contributed by atoms with Gasteiger partial charge < -0.3 is 15.2 Å². The maximum absolute atomic E-state index is 13.6. The minimum atomic E-state index is -0.511. The number of carbonyl (C=O) groups excluding carboxylic acids is 1. The van der Waals surface area contributed by atoms with Crippen molar-refractivity contribution in [2.45, 2.75) is 25.8 Å². The number of rotatable bonds is 8. The van der Waals surface area contributed by atoms with Gasteiger partial charge in [0.1, 0.15) is 17.1 Å². The molecule has 0 bridgehead atoms. The number of halogens is 1. The molecule has 1 unspecified atom stereocenters. The first-order valence-electron chi connectivity index (χ1n) is 10.9. The van der Waals surface area contributed by atoms with E-state index in [1.54, 1.807) is 36.5 Å². The zero-order chi connectivity index (χ0) is 23.2. The first-order valence-corrected chi connectivity index (χ1v) is 10.9. The van der Waals surface area contributed by atoms with Crippen LogP contribution >= 0.6 is 0 Å². The van der Waals surface area contributed by atoms with Gasteiger partial charge in [0.25, 0.3) is 0 Å². The second-order valence-corrected chi connectivity index (χ2v) is 7.78. The summed E-state index contributed by atoms with van der Waals surface area (Å²) in [6.45, 7) is 2.41. The highest BCUT2D eigenvalue weighted by Crippen LogP contribution is 2.36. The number of pyridine rings is 1. The summed E-state index contributed by atoms with van der Waals surface area (Å²) in [7, 11) is 0. The van der Waals surface area contributed by atoms with Crippen LogP contribution in [0.4, 0.5) is 10.1 Å². The number of phenols is 1. The average molecular weight is 445 g/mol. The molecule has 1 atom stereocenters. The lowest BCUT2D eigenvalue weighted by Gasteiger charge is -2.23. The molecule has 0 fully saturated rings. The summed E-state index contributed by atoms with van der Waals surface area (Å²) in [5.74, 6) is -0.688. The van der Waals surface area contributed by atoms with Crippen molar-refractivity contribution < 1.29 is 19.0 Å². The number of carbonyl (C=O) groups is 1. The molecule has 4 rings (SSSR count). The van der Waals surface area contributed by atoms with Crippen LogP contribution in [0.2, 0.25) is 0 Å². The lowest BCUT2D eigenvalue weighted by atomic mass is 9.95. The Hall–Kier alpha value is -3.93. The number of hydrogen-bond acceptors (Lipinski definition) is 5. The minimum absolute atomic E-state index is 0.0463. The Morgan fingerprint density at radius 2 is 1.91 bits per heavy atom. The fourth-order valence-corrected chi connectivity index (χ4v) is 3.67. The smallest absolute Gasteiger partial charge is 0.338 e. The van der Waals surface area contributed by atoms with Crippen LogP contribution in [-0.2, 0) is 4.74 Å². The van der Waals surface area contributed by atoms with Gasteiger partial charge in [0, 0.05) is 22.8 Å². The number of aromatic hydroxyl groups is 1. The summed E-state index contributed by atoms with van der Waals surface area (Å²) in [6, 6.07) is 20.0. The molecule has 0 aliphatic carbocycles. The van der Waals surface area contributed by atoms with Crippen LogP contribution in [-0.4, -0.2) is 22.7 Å². The number of hydrogen-bond donors (Lipinski definition) is 2. The normalized spacial score (nSPS) is 11.8. The highest BCUT2D eigenvalue weighted by Gasteiger charge is 2.20. The first-order chi connectivity index (χ1) is 16.1. The molecule has 1 aromatic heterocycles. The fourth-order valence-electron chi connectivity index (χ4n) is 3.67. The number of benzene rings is 3. The van der Waals surface area contributed by atoms with Crippen molar-refractivity contribution in [1.82, 2.24) is 4.98 Å². The molecule has 4 aromatic rings. The van der Waals surface area contributed by atoms with Gasteiger partial charge in [-0.05, 0) is 48.4 Å². The van der Waals surface area contributed by atoms with Crippen molar-refractivity contribution in [2.24, 2.45) is 0 Å². The number of aromatic nitrogens is 1. The molecule has 1 heterocycles. The van der Waals surface area contributed by atoms with Gasteiger partial charge in [-0.15, -0.1) is 0 Å². The molecule has 0 amide bonds. The number of fused-ring (bicyclic) bond motifs is 1.